The third kappa shape index (κ3) is 1.65. The molecule has 1 aromatic rings. The zero-order valence-electron chi connectivity index (χ0n) is 5.58. The smallest absolute Gasteiger partial charge is 0.151 e. The number of carbonyl (C=O) groups excluding carboxylic acids is 2. The summed E-state index contributed by atoms with van der Waals surface area (Å²) in [5.74, 6) is 0. The number of hydrogen-bond acceptors (Lipinski definition) is 2. The Kier molecular flexibility index (Phi) is 2.39. The van der Waals surface area contributed by atoms with Gasteiger partial charge in [-0.3, -0.25) is 9.59 Å². The first-order chi connectivity index (χ1) is 5.27. The summed E-state index contributed by atoms with van der Waals surface area (Å²) in [5, 5.41) is 0.310. The van der Waals surface area contributed by atoms with Crippen molar-refractivity contribution in [3.05, 3.63) is 34.3 Å². The molecule has 1 aromatic carbocycles. The van der Waals surface area contributed by atoms with E-state index < -0.39 is 0 Å². The lowest BCUT2D eigenvalue weighted by molar-refractivity contribution is 0.111. The van der Waals surface area contributed by atoms with Crippen LogP contribution in [-0.2, 0) is 0 Å². The van der Waals surface area contributed by atoms with Crippen LogP contribution in [0, 0.1) is 0 Å². The molecule has 0 aliphatic heterocycles. The second-order valence-corrected chi connectivity index (χ2v) is 2.42. The summed E-state index contributed by atoms with van der Waals surface area (Å²) in [6, 6.07) is 4.51. The summed E-state index contributed by atoms with van der Waals surface area (Å²) in [6.07, 6.45) is 1.33. The highest BCUT2D eigenvalue weighted by Crippen LogP contribution is 2.14. The molecule has 0 spiro atoms. The highest BCUT2D eigenvalue weighted by Gasteiger charge is 1.98. The van der Waals surface area contributed by atoms with Crippen molar-refractivity contribution in [2.24, 2.45) is 0 Å². The third-order valence-corrected chi connectivity index (χ3v) is 1.61. The van der Waals surface area contributed by atoms with Crippen LogP contribution in [0.1, 0.15) is 20.7 Å². The summed E-state index contributed by atoms with van der Waals surface area (Å²) in [6.45, 7) is 0. The molecule has 0 aromatic heterocycles. The van der Waals surface area contributed by atoms with Crippen LogP contribution in [0.2, 0.25) is 5.02 Å². The van der Waals surface area contributed by atoms with Crippen molar-refractivity contribution >= 4 is 24.2 Å². The minimum atomic E-state index is 0.310. The van der Waals surface area contributed by atoms with E-state index in [0.717, 1.165) is 0 Å². The Labute approximate surface area is 68.8 Å². The van der Waals surface area contributed by atoms with Crippen molar-refractivity contribution in [3.8, 4) is 0 Å². The molecule has 56 valence electrons. The van der Waals surface area contributed by atoms with E-state index in [0.29, 0.717) is 28.7 Å². The number of halogens is 1. The lowest BCUT2D eigenvalue weighted by Gasteiger charge is -1.94. The van der Waals surface area contributed by atoms with Gasteiger partial charge in [-0.15, -0.1) is 0 Å². The van der Waals surface area contributed by atoms with Gasteiger partial charge in [0.05, 0.1) is 5.02 Å². The Morgan fingerprint density at radius 1 is 1.18 bits per heavy atom. The minimum Gasteiger partial charge on any atom is -0.298 e. The maximum absolute atomic E-state index is 10.3. The van der Waals surface area contributed by atoms with Crippen molar-refractivity contribution in [2.75, 3.05) is 0 Å². The van der Waals surface area contributed by atoms with Crippen LogP contribution in [0.5, 0.6) is 0 Å². The zero-order valence-corrected chi connectivity index (χ0v) is 6.34. The van der Waals surface area contributed by atoms with Gasteiger partial charge in [0, 0.05) is 11.1 Å². The molecule has 0 saturated carbocycles. The fourth-order valence-electron chi connectivity index (χ4n) is 0.712. The summed E-state index contributed by atoms with van der Waals surface area (Å²) in [7, 11) is 0. The molecule has 0 amide bonds. The fourth-order valence-corrected chi connectivity index (χ4v) is 0.946. The Hall–Kier alpha value is -1.15. The number of rotatable bonds is 2. The molecule has 0 heterocycles. The molecular formula is C8H5ClO2. The van der Waals surface area contributed by atoms with Gasteiger partial charge in [0.25, 0.3) is 0 Å². The number of hydrogen-bond donors (Lipinski definition) is 0. The standard InChI is InChI=1S/C8H5ClO2/c9-8-3-6(4-10)1-2-7(8)5-11/h1-5H. The van der Waals surface area contributed by atoms with Gasteiger partial charge in [-0.2, -0.15) is 0 Å². The second-order valence-electron chi connectivity index (χ2n) is 2.02. The summed E-state index contributed by atoms with van der Waals surface area (Å²) >= 11 is 5.62. The van der Waals surface area contributed by atoms with Crippen LogP contribution < -0.4 is 0 Å². The van der Waals surface area contributed by atoms with Gasteiger partial charge < -0.3 is 0 Å². The first kappa shape index (κ1) is 7.95. The molecule has 2 nitrogen and oxygen atoms in total. The van der Waals surface area contributed by atoms with E-state index in [-0.39, 0.29) is 0 Å². The topological polar surface area (TPSA) is 34.1 Å². The highest BCUT2D eigenvalue weighted by molar-refractivity contribution is 6.33. The van der Waals surface area contributed by atoms with Gasteiger partial charge in [-0.25, -0.2) is 0 Å². The Morgan fingerprint density at radius 2 is 1.91 bits per heavy atom. The van der Waals surface area contributed by atoms with E-state index in [2.05, 4.69) is 0 Å². The Morgan fingerprint density at radius 3 is 2.36 bits per heavy atom. The van der Waals surface area contributed by atoms with E-state index in [1.165, 1.54) is 12.1 Å². The molecule has 0 fully saturated rings. The lowest BCUT2D eigenvalue weighted by Crippen LogP contribution is -1.84. The van der Waals surface area contributed by atoms with E-state index in [1.54, 1.807) is 6.07 Å². The molecule has 0 atom stereocenters. The molecule has 0 unspecified atom stereocenters. The molecule has 0 N–H and O–H groups in total. The SMILES string of the molecule is O=Cc1ccc(C=O)c(Cl)c1. The van der Waals surface area contributed by atoms with E-state index >= 15 is 0 Å². The summed E-state index contributed by atoms with van der Waals surface area (Å²) in [5.41, 5.74) is 0.873. The Bertz CT molecular complexity index is 294. The van der Waals surface area contributed by atoms with Crippen molar-refractivity contribution in [1.82, 2.24) is 0 Å². The first-order valence-electron chi connectivity index (χ1n) is 2.98. The Balaban J connectivity index is 3.18. The third-order valence-electron chi connectivity index (χ3n) is 1.29. The van der Waals surface area contributed by atoms with E-state index in [1.807, 2.05) is 0 Å². The second kappa shape index (κ2) is 3.30. The van der Waals surface area contributed by atoms with Crippen molar-refractivity contribution in [1.29, 1.82) is 0 Å². The van der Waals surface area contributed by atoms with E-state index in [9.17, 15) is 9.59 Å². The number of aldehydes is 2. The quantitative estimate of drug-likeness (QED) is 0.633. The summed E-state index contributed by atoms with van der Waals surface area (Å²) < 4.78 is 0. The van der Waals surface area contributed by atoms with Gasteiger partial charge in [0.1, 0.15) is 6.29 Å². The van der Waals surface area contributed by atoms with Gasteiger partial charge in [0.15, 0.2) is 6.29 Å². The van der Waals surface area contributed by atoms with Crippen LogP contribution in [-0.4, -0.2) is 12.6 Å². The van der Waals surface area contributed by atoms with Gasteiger partial charge in [-0.1, -0.05) is 17.7 Å². The average molecular weight is 169 g/mol. The molecule has 11 heavy (non-hydrogen) atoms. The highest BCUT2D eigenvalue weighted by atomic mass is 35.5. The van der Waals surface area contributed by atoms with E-state index in [4.69, 9.17) is 11.6 Å². The predicted molar refractivity (Wildman–Crippen MR) is 42.2 cm³/mol. The molecule has 0 bridgehead atoms. The lowest BCUT2D eigenvalue weighted by atomic mass is 10.2. The molecule has 0 radical (unpaired) electrons. The van der Waals surface area contributed by atoms with Crippen LogP contribution in [0.4, 0.5) is 0 Å². The summed E-state index contributed by atoms with van der Waals surface area (Å²) in [4.78, 5) is 20.5. The first-order valence-corrected chi connectivity index (χ1v) is 3.35. The molecule has 0 aliphatic rings. The fraction of sp³-hybridized carbons (Fsp3) is 0. The van der Waals surface area contributed by atoms with Crippen molar-refractivity contribution in [2.45, 2.75) is 0 Å². The van der Waals surface area contributed by atoms with Crippen molar-refractivity contribution < 1.29 is 9.59 Å². The van der Waals surface area contributed by atoms with Crippen molar-refractivity contribution in [3.63, 3.8) is 0 Å². The van der Waals surface area contributed by atoms with Crippen LogP contribution in [0.3, 0.4) is 0 Å². The zero-order chi connectivity index (χ0) is 8.27. The van der Waals surface area contributed by atoms with Crippen LogP contribution >= 0.6 is 11.6 Å². The largest absolute Gasteiger partial charge is 0.298 e. The maximum Gasteiger partial charge on any atom is 0.151 e. The molecule has 0 aliphatic carbocycles. The van der Waals surface area contributed by atoms with Gasteiger partial charge in [-0.05, 0) is 12.1 Å². The van der Waals surface area contributed by atoms with Crippen LogP contribution in [0.15, 0.2) is 18.2 Å². The normalized spacial score (nSPS) is 9.18. The number of carbonyl (C=O) groups is 2. The van der Waals surface area contributed by atoms with Crippen LogP contribution in [0.25, 0.3) is 0 Å². The minimum absolute atomic E-state index is 0.310. The molecule has 0 saturated heterocycles. The van der Waals surface area contributed by atoms with Gasteiger partial charge in [0.2, 0.25) is 0 Å². The average Bonchev–Trinajstić information content (AvgIpc) is 2.04. The number of benzene rings is 1. The monoisotopic (exact) mass is 168 g/mol. The molecule has 3 heteroatoms. The predicted octanol–water partition coefficient (Wildman–Crippen LogP) is 1.96. The van der Waals surface area contributed by atoms with Gasteiger partial charge >= 0.3 is 0 Å². The molecule has 1 rings (SSSR count). The molecular weight excluding hydrogens is 164 g/mol. The maximum atomic E-state index is 10.3.